The van der Waals surface area contributed by atoms with E-state index >= 15 is 0 Å². The van der Waals surface area contributed by atoms with Gasteiger partial charge in [-0.25, -0.2) is 12.8 Å². The molecule has 10 heteroatoms. The van der Waals surface area contributed by atoms with Crippen molar-refractivity contribution in [3.63, 3.8) is 0 Å². The summed E-state index contributed by atoms with van der Waals surface area (Å²) >= 11 is 5.97. The first-order chi connectivity index (χ1) is 18.0. The molecule has 0 saturated heterocycles. The standard InChI is InChI=1S/C28H31ClFN3O4S/c1-20(2)17-31-28(35)21(3)32(18-22-10-6-4-7-11-22)27(34)19-33(23-14-15-26(30)25(29)16-23)38(36,37)24-12-8-5-9-13-24/h4-16,20-21H,17-19H2,1-3H3,(H,31,35)/t21-/m1/s1. The Hall–Kier alpha value is -3.43. The van der Waals surface area contributed by atoms with Crippen LogP contribution in [0, 0.1) is 11.7 Å². The zero-order valence-electron chi connectivity index (χ0n) is 21.5. The number of carbonyl (C=O) groups is 2. The first-order valence-corrected chi connectivity index (χ1v) is 14.0. The summed E-state index contributed by atoms with van der Waals surface area (Å²) in [6, 6.07) is 19.3. The van der Waals surface area contributed by atoms with Gasteiger partial charge in [-0.15, -0.1) is 0 Å². The fraction of sp³-hybridized carbons (Fsp3) is 0.286. The van der Waals surface area contributed by atoms with Crippen LogP contribution in [0.2, 0.25) is 5.02 Å². The third-order valence-electron chi connectivity index (χ3n) is 5.85. The van der Waals surface area contributed by atoms with Crippen molar-refractivity contribution >= 4 is 39.1 Å². The van der Waals surface area contributed by atoms with Crippen LogP contribution in [-0.2, 0) is 26.2 Å². The number of halogens is 2. The highest BCUT2D eigenvalue weighted by Crippen LogP contribution is 2.28. The van der Waals surface area contributed by atoms with E-state index in [1.165, 1.54) is 23.1 Å². The molecule has 1 atom stereocenters. The highest BCUT2D eigenvalue weighted by Gasteiger charge is 2.32. The first-order valence-electron chi connectivity index (χ1n) is 12.1. The zero-order valence-corrected chi connectivity index (χ0v) is 23.0. The van der Waals surface area contributed by atoms with Gasteiger partial charge in [0.05, 0.1) is 15.6 Å². The number of hydrogen-bond donors (Lipinski definition) is 1. The van der Waals surface area contributed by atoms with E-state index in [4.69, 9.17) is 11.6 Å². The lowest BCUT2D eigenvalue weighted by Crippen LogP contribution is -2.51. The van der Waals surface area contributed by atoms with Crippen molar-refractivity contribution in [1.29, 1.82) is 0 Å². The van der Waals surface area contributed by atoms with Crippen molar-refractivity contribution in [1.82, 2.24) is 10.2 Å². The molecule has 2 amide bonds. The number of carbonyl (C=O) groups excluding carboxylic acids is 2. The molecule has 3 rings (SSSR count). The molecule has 0 aliphatic rings. The molecule has 0 bridgehead atoms. The Bertz CT molecular complexity index is 1360. The molecule has 38 heavy (non-hydrogen) atoms. The van der Waals surface area contributed by atoms with Gasteiger partial charge in [0.25, 0.3) is 10.0 Å². The largest absolute Gasteiger partial charge is 0.354 e. The quantitative estimate of drug-likeness (QED) is 0.363. The summed E-state index contributed by atoms with van der Waals surface area (Å²) in [6.45, 7) is 5.39. The maximum absolute atomic E-state index is 13.9. The Labute approximate surface area is 228 Å². The lowest BCUT2D eigenvalue weighted by molar-refractivity contribution is -0.139. The van der Waals surface area contributed by atoms with Crippen LogP contribution in [0.5, 0.6) is 0 Å². The first kappa shape index (κ1) is 29.1. The van der Waals surface area contributed by atoms with Gasteiger partial charge in [0.15, 0.2) is 0 Å². The Balaban J connectivity index is 2.01. The normalized spacial score (nSPS) is 12.2. The van der Waals surface area contributed by atoms with E-state index in [0.29, 0.717) is 6.54 Å². The maximum Gasteiger partial charge on any atom is 0.264 e. The molecule has 1 N–H and O–H groups in total. The molecule has 0 spiro atoms. The highest BCUT2D eigenvalue weighted by atomic mass is 35.5. The van der Waals surface area contributed by atoms with Crippen molar-refractivity contribution in [2.24, 2.45) is 5.92 Å². The number of nitrogens with one attached hydrogen (secondary N) is 1. The molecule has 3 aromatic rings. The second-order valence-electron chi connectivity index (χ2n) is 9.25. The molecule has 3 aromatic carbocycles. The van der Waals surface area contributed by atoms with Crippen LogP contribution in [0.25, 0.3) is 0 Å². The molecule has 0 saturated carbocycles. The fourth-order valence-corrected chi connectivity index (χ4v) is 5.31. The number of rotatable bonds is 11. The SMILES string of the molecule is CC(C)CNC(=O)[C@@H](C)N(Cc1ccccc1)C(=O)CN(c1ccc(F)c(Cl)c1)S(=O)(=O)c1ccccc1. The molecule has 202 valence electrons. The average molecular weight is 560 g/mol. The zero-order chi connectivity index (χ0) is 27.9. The van der Waals surface area contributed by atoms with Crippen LogP contribution in [0.4, 0.5) is 10.1 Å². The summed E-state index contributed by atoms with van der Waals surface area (Å²) in [5, 5.41) is 2.55. The van der Waals surface area contributed by atoms with Crippen LogP contribution in [0.15, 0.2) is 83.8 Å². The minimum atomic E-state index is -4.25. The molecule has 0 heterocycles. The van der Waals surface area contributed by atoms with Crippen LogP contribution < -0.4 is 9.62 Å². The fourth-order valence-electron chi connectivity index (χ4n) is 3.70. The summed E-state index contributed by atoms with van der Waals surface area (Å²) < 4.78 is 42.1. The van der Waals surface area contributed by atoms with Crippen molar-refractivity contribution in [2.45, 2.75) is 38.3 Å². The molecule has 7 nitrogen and oxygen atoms in total. The topological polar surface area (TPSA) is 86.8 Å². The number of amides is 2. The molecular formula is C28H31ClFN3O4S. The second-order valence-corrected chi connectivity index (χ2v) is 11.5. The van der Waals surface area contributed by atoms with Gasteiger partial charge in [-0.3, -0.25) is 13.9 Å². The Kier molecular flexibility index (Phi) is 9.88. The molecule has 0 unspecified atom stereocenters. The average Bonchev–Trinajstić information content (AvgIpc) is 2.91. The summed E-state index contributed by atoms with van der Waals surface area (Å²) in [7, 11) is -4.25. The van der Waals surface area contributed by atoms with Crippen LogP contribution in [0.3, 0.4) is 0 Å². The third kappa shape index (κ3) is 7.33. The van der Waals surface area contributed by atoms with Crippen molar-refractivity contribution in [3.8, 4) is 0 Å². The van der Waals surface area contributed by atoms with Crippen molar-refractivity contribution in [2.75, 3.05) is 17.4 Å². The van der Waals surface area contributed by atoms with Gasteiger partial charge in [0.1, 0.15) is 18.4 Å². The van der Waals surface area contributed by atoms with Gasteiger partial charge in [-0.2, -0.15) is 0 Å². The van der Waals surface area contributed by atoms with Crippen molar-refractivity contribution in [3.05, 3.63) is 95.3 Å². The molecule has 0 aliphatic carbocycles. The maximum atomic E-state index is 13.9. The van der Waals surface area contributed by atoms with E-state index in [-0.39, 0.29) is 34.0 Å². The van der Waals surface area contributed by atoms with Gasteiger partial charge in [-0.05, 0) is 48.7 Å². The summed E-state index contributed by atoms with van der Waals surface area (Å²) in [4.78, 5) is 28.0. The predicted octanol–water partition coefficient (Wildman–Crippen LogP) is 4.86. The van der Waals surface area contributed by atoms with E-state index in [9.17, 15) is 22.4 Å². The number of anilines is 1. The van der Waals surface area contributed by atoms with Crippen LogP contribution in [-0.4, -0.2) is 44.3 Å². The molecule has 0 radical (unpaired) electrons. The Morgan fingerprint density at radius 1 is 0.947 bits per heavy atom. The summed E-state index contributed by atoms with van der Waals surface area (Å²) in [6.07, 6.45) is 0. The van der Waals surface area contributed by atoms with E-state index in [0.717, 1.165) is 22.0 Å². The van der Waals surface area contributed by atoms with Crippen molar-refractivity contribution < 1.29 is 22.4 Å². The van der Waals surface area contributed by atoms with E-state index in [1.54, 1.807) is 25.1 Å². The number of sulfonamides is 1. The molecular weight excluding hydrogens is 529 g/mol. The van der Waals surface area contributed by atoms with Gasteiger partial charge in [0.2, 0.25) is 11.8 Å². The van der Waals surface area contributed by atoms with Crippen LogP contribution in [0.1, 0.15) is 26.3 Å². The highest BCUT2D eigenvalue weighted by molar-refractivity contribution is 7.92. The van der Waals surface area contributed by atoms with Gasteiger partial charge < -0.3 is 10.2 Å². The number of nitrogens with zero attached hydrogens (tertiary/aromatic N) is 2. The van der Waals surface area contributed by atoms with Gasteiger partial charge in [0, 0.05) is 13.1 Å². The van der Waals surface area contributed by atoms with Gasteiger partial charge in [-0.1, -0.05) is 74.0 Å². The number of benzene rings is 3. The van der Waals surface area contributed by atoms with Gasteiger partial charge >= 0.3 is 0 Å². The Morgan fingerprint density at radius 3 is 2.13 bits per heavy atom. The minimum absolute atomic E-state index is 0.0187. The molecule has 0 fully saturated rings. The lowest BCUT2D eigenvalue weighted by Gasteiger charge is -2.32. The predicted molar refractivity (Wildman–Crippen MR) is 147 cm³/mol. The van der Waals surface area contributed by atoms with E-state index in [1.807, 2.05) is 44.2 Å². The number of hydrogen-bond acceptors (Lipinski definition) is 4. The van der Waals surface area contributed by atoms with E-state index in [2.05, 4.69) is 5.32 Å². The third-order valence-corrected chi connectivity index (χ3v) is 7.93. The Morgan fingerprint density at radius 2 is 1.55 bits per heavy atom. The molecule has 0 aliphatic heterocycles. The summed E-state index contributed by atoms with van der Waals surface area (Å²) in [5.74, 6) is -1.48. The lowest BCUT2D eigenvalue weighted by atomic mass is 10.1. The monoisotopic (exact) mass is 559 g/mol. The van der Waals surface area contributed by atoms with E-state index < -0.39 is 34.3 Å². The summed E-state index contributed by atoms with van der Waals surface area (Å²) in [5.41, 5.74) is 0.789. The minimum Gasteiger partial charge on any atom is -0.354 e. The smallest absolute Gasteiger partial charge is 0.264 e. The molecule has 0 aromatic heterocycles. The second kappa shape index (κ2) is 12.9. The van der Waals surface area contributed by atoms with Crippen LogP contribution >= 0.6 is 11.6 Å².